The molecular weight excluding hydrogens is 332 g/mol. The average molecular weight is 356 g/mol. The van der Waals surface area contributed by atoms with Crippen molar-refractivity contribution in [2.24, 2.45) is 0 Å². The number of fused-ring (bicyclic) bond motifs is 1. The van der Waals surface area contributed by atoms with Gasteiger partial charge in [-0.05, 0) is 49.3 Å². The SMILES string of the molecule is CCCc1n[nH]c(=S)n1NCc1c(OC(C)C)ccc2ccccc12. The summed E-state index contributed by atoms with van der Waals surface area (Å²) in [5.41, 5.74) is 4.53. The Morgan fingerprint density at radius 3 is 2.80 bits per heavy atom. The highest BCUT2D eigenvalue weighted by molar-refractivity contribution is 7.71. The maximum Gasteiger partial charge on any atom is 0.214 e. The number of aromatic amines is 1. The highest BCUT2D eigenvalue weighted by Crippen LogP contribution is 2.29. The summed E-state index contributed by atoms with van der Waals surface area (Å²) in [6, 6.07) is 12.5. The summed E-state index contributed by atoms with van der Waals surface area (Å²) in [5, 5.41) is 9.54. The van der Waals surface area contributed by atoms with Gasteiger partial charge in [-0.25, -0.2) is 4.68 Å². The van der Waals surface area contributed by atoms with Crippen LogP contribution >= 0.6 is 12.2 Å². The van der Waals surface area contributed by atoms with Gasteiger partial charge in [0.2, 0.25) is 4.77 Å². The number of rotatable bonds is 7. The first-order valence-electron chi connectivity index (χ1n) is 8.67. The van der Waals surface area contributed by atoms with Gasteiger partial charge in [-0.3, -0.25) is 5.10 Å². The lowest BCUT2D eigenvalue weighted by Crippen LogP contribution is -2.19. The van der Waals surface area contributed by atoms with Gasteiger partial charge in [-0.15, -0.1) is 0 Å². The Morgan fingerprint density at radius 1 is 1.24 bits per heavy atom. The number of ether oxygens (including phenoxy) is 1. The molecule has 2 aromatic carbocycles. The summed E-state index contributed by atoms with van der Waals surface area (Å²) in [6.07, 6.45) is 1.99. The molecule has 0 aliphatic carbocycles. The molecule has 0 bridgehead atoms. The second-order valence-electron chi connectivity index (χ2n) is 6.30. The van der Waals surface area contributed by atoms with Gasteiger partial charge in [0.1, 0.15) is 5.75 Å². The summed E-state index contributed by atoms with van der Waals surface area (Å²) in [6.45, 7) is 6.81. The zero-order valence-electron chi connectivity index (χ0n) is 14.9. The number of hydrogen-bond donors (Lipinski definition) is 2. The van der Waals surface area contributed by atoms with E-state index in [1.54, 1.807) is 0 Å². The Labute approximate surface area is 153 Å². The van der Waals surface area contributed by atoms with Gasteiger partial charge < -0.3 is 10.2 Å². The summed E-state index contributed by atoms with van der Waals surface area (Å²) in [4.78, 5) is 0. The lowest BCUT2D eigenvalue weighted by molar-refractivity contribution is 0.240. The van der Waals surface area contributed by atoms with Gasteiger partial charge >= 0.3 is 0 Å². The van der Waals surface area contributed by atoms with E-state index in [0.29, 0.717) is 11.3 Å². The third-order valence-corrected chi connectivity index (χ3v) is 4.26. The second-order valence-corrected chi connectivity index (χ2v) is 6.68. The quantitative estimate of drug-likeness (QED) is 0.609. The van der Waals surface area contributed by atoms with Crippen molar-refractivity contribution < 1.29 is 4.74 Å². The van der Waals surface area contributed by atoms with Crippen molar-refractivity contribution in [1.29, 1.82) is 0 Å². The summed E-state index contributed by atoms with van der Waals surface area (Å²) >= 11 is 5.35. The molecule has 0 atom stereocenters. The Kier molecular flexibility index (Phi) is 5.38. The molecular formula is C19H24N4OS. The second kappa shape index (κ2) is 7.70. The van der Waals surface area contributed by atoms with Crippen LogP contribution in [0, 0.1) is 4.77 Å². The fourth-order valence-corrected chi connectivity index (χ4v) is 3.12. The molecule has 0 radical (unpaired) electrons. The highest BCUT2D eigenvalue weighted by atomic mass is 32.1. The predicted molar refractivity (Wildman–Crippen MR) is 104 cm³/mol. The lowest BCUT2D eigenvalue weighted by atomic mass is 10.0. The van der Waals surface area contributed by atoms with Gasteiger partial charge in [0.05, 0.1) is 12.6 Å². The van der Waals surface area contributed by atoms with Crippen LogP contribution in [0.3, 0.4) is 0 Å². The van der Waals surface area contributed by atoms with Crippen LogP contribution < -0.4 is 10.2 Å². The summed E-state index contributed by atoms with van der Waals surface area (Å²) in [5.74, 6) is 1.81. The Balaban J connectivity index is 1.97. The fraction of sp³-hybridized carbons (Fsp3) is 0.368. The van der Waals surface area contributed by atoms with E-state index in [2.05, 4.69) is 46.8 Å². The van der Waals surface area contributed by atoms with Crippen LogP contribution in [0.4, 0.5) is 0 Å². The molecule has 6 heteroatoms. The maximum atomic E-state index is 6.03. The average Bonchev–Trinajstić information content (AvgIpc) is 2.94. The van der Waals surface area contributed by atoms with Crippen LogP contribution in [-0.2, 0) is 13.0 Å². The van der Waals surface area contributed by atoms with Crippen LogP contribution in [0.15, 0.2) is 36.4 Å². The molecule has 0 unspecified atom stereocenters. The van der Waals surface area contributed by atoms with Crippen LogP contribution in [0.1, 0.15) is 38.6 Å². The number of aromatic nitrogens is 3. The van der Waals surface area contributed by atoms with Crippen molar-refractivity contribution in [1.82, 2.24) is 14.9 Å². The van der Waals surface area contributed by atoms with E-state index in [9.17, 15) is 0 Å². The third kappa shape index (κ3) is 3.85. The molecule has 3 rings (SSSR count). The molecule has 0 aliphatic heterocycles. The standard InChI is InChI=1S/C19H24N4OS/c1-4-7-18-21-22-19(25)23(18)20-12-16-15-9-6-5-8-14(15)10-11-17(16)24-13(2)3/h5-6,8-11,13,20H,4,7,12H2,1-3H3,(H,22,25). The van der Waals surface area contributed by atoms with E-state index in [4.69, 9.17) is 17.0 Å². The van der Waals surface area contributed by atoms with Crippen molar-refractivity contribution in [2.45, 2.75) is 46.3 Å². The minimum atomic E-state index is 0.117. The number of nitrogens with one attached hydrogen (secondary N) is 2. The van der Waals surface area contributed by atoms with Crippen molar-refractivity contribution in [3.8, 4) is 5.75 Å². The molecule has 0 amide bonds. The molecule has 25 heavy (non-hydrogen) atoms. The van der Waals surface area contributed by atoms with Gasteiger partial charge in [0, 0.05) is 12.0 Å². The first-order chi connectivity index (χ1) is 12.1. The molecule has 0 saturated heterocycles. The van der Waals surface area contributed by atoms with Crippen molar-refractivity contribution >= 4 is 23.0 Å². The first kappa shape index (κ1) is 17.5. The Hall–Kier alpha value is -2.34. The van der Waals surface area contributed by atoms with Crippen LogP contribution in [-0.4, -0.2) is 21.0 Å². The molecule has 132 valence electrons. The molecule has 0 saturated carbocycles. The van der Waals surface area contributed by atoms with Gasteiger partial charge in [-0.2, -0.15) is 5.10 Å². The number of hydrogen-bond acceptors (Lipinski definition) is 4. The summed E-state index contributed by atoms with van der Waals surface area (Å²) < 4.78 is 8.47. The zero-order valence-corrected chi connectivity index (χ0v) is 15.7. The van der Waals surface area contributed by atoms with Crippen molar-refractivity contribution in [3.63, 3.8) is 0 Å². The maximum absolute atomic E-state index is 6.03. The van der Waals surface area contributed by atoms with E-state index < -0.39 is 0 Å². The van der Waals surface area contributed by atoms with Gasteiger partial charge in [-0.1, -0.05) is 37.3 Å². The van der Waals surface area contributed by atoms with E-state index in [1.807, 2.05) is 30.7 Å². The highest BCUT2D eigenvalue weighted by Gasteiger charge is 2.12. The smallest absolute Gasteiger partial charge is 0.214 e. The van der Waals surface area contributed by atoms with E-state index in [-0.39, 0.29) is 6.10 Å². The molecule has 0 aliphatic rings. The number of nitrogens with zero attached hydrogens (tertiary/aromatic N) is 2. The largest absolute Gasteiger partial charge is 0.491 e. The molecule has 1 aromatic heterocycles. The lowest BCUT2D eigenvalue weighted by Gasteiger charge is -2.18. The van der Waals surface area contributed by atoms with Crippen molar-refractivity contribution in [2.75, 3.05) is 5.43 Å². The normalized spacial score (nSPS) is 11.2. The number of benzene rings is 2. The fourth-order valence-electron chi connectivity index (χ4n) is 2.90. The van der Waals surface area contributed by atoms with E-state index in [0.717, 1.165) is 30.0 Å². The molecule has 0 fully saturated rings. The zero-order chi connectivity index (χ0) is 17.8. The van der Waals surface area contributed by atoms with E-state index in [1.165, 1.54) is 10.8 Å². The van der Waals surface area contributed by atoms with Gasteiger partial charge in [0.15, 0.2) is 5.82 Å². The molecule has 1 heterocycles. The van der Waals surface area contributed by atoms with Crippen LogP contribution in [0.25, 0.3) is 10.8 Å². The Morgan fingerprint density at radius 2 is 2.04 bits per heavy atom. The minimum absolute atomic E-state index is 0.117. The minimum Gasteiger partial charge on any atom is -0.491 e. The van der Waals surface area contributed by atoms with Crippen molar-refractivity contribution in [3.05, 3.63) is 52.6 Å². The van der Waals surface area contributed by atoms with E-state index >= 15 is 0 Å². The third-order valence-electron chi connectivity index (χ3n) is 3.99. The van der Waals surface area contributed by atoms with Crippen LogP contribution in [0.2, 0.25) is 0 Å². The number of H-pyrrole nitrogens is 1. The first-order valence-corrected chi connectivity index (χ1v) is 9.08. The Bertz CT molecular complexity index is 913. The summed E-state index contributed by atoms with van der Waals surface area (Å²) in [7, 11) is 0. The molecule has 3 aromatic rings. The molecule has 0 spiro atoms. The van der Waals surface area contributed by atoms with Crippen LogP contribution in [0.5, 0.6) is 5.75 Å². The molecule has 5 nitrogen and oxygen atoms in total. The van der Waals surface area contributed by atoms with Gasteiger partial charge in [0.25, 0.3) is 0 Å². The number of aryl methyl sites for hydroxylation is 1. The monoisotopic (exact) mass is 356 g/mol. The predicted octanol–water partition coefficient (Wildman–Crippen LogP) is 4.58. The molecule has 2 N–H and O–H groups in total. The topological polar surface area (TPSA) is 54.9 Å².